The van der Waals surface area contributed by atoms with Gasteiger partial charge in [-0.05, 0) is 18.9 Å². The van der Waals surface area contributed by atoms with Crippen molar-refractivity contribution in [2.45, 2.75) is 6.92 Å². The Kier molecular flexibility index (Phi) is 5.30. The highest BCUT2D eigenvalue weighted by Crippen LogP contribution is 2.10. The van der Waals surface area contributed by atoms with Gasteiger partial charge in [0.25, 0.3) is 11.4 Å². The predicted octanol–water partition coefficient (Wildman–Crippen LogP) is 0.359. The van der Waals surface area contributed by atoms with E-state index in [1.54, 1.807) is 6.92 Å². The summed E-state index contributed by atoms with van der Waals surface area (Å²) in [6.45, 7) is 1.74. The molecule has 1 rings (SSSR count). The minimum Gasteiger partial charge on any atom is -0.292 e. The second kappa shape index (κ2) is 5.42. The zero-order valence-corrected chi connectivity index (χ0v) is 7.31. The molecule has 0 unspecified atom stereocenters. The standard InChI is InChI=1S/C4H5NOS.H2O3S/c1-3-4(6)2-7-5-3;1-4(2)3/h2H2,1H3;(H2,1,2,3). The van der Waals surface area contributed by atoms with Crippen LogP contribution in [0, 0.1) is 0 Å². The summed E-state index contributed by atoms with van der Waals surface area (Å²) in [6.07, 6.45) is 0. The van der Waals surface area contributed by atoms with Crippen molar-refractivity contribution in [2.75, 3.05) is 5.75 Å². The van der Waals surface area contributed by atoms with Gasteiger partial charge in [0.2, 0.25) is 0 Å². The van der Waals surface area contributed by atoms with Crippen molar-refractivity contribution in [2.24, 2.45) is 4.40 Å². The summed E-state index contributed by atoms with van der Waals surface area (Å²) in [6, 6.07) is 0. The lowest BCUT2D eigenvalue weighted by Gasteiger charge is -1.76. The van der Waals surface area contributed by atoms with Crippen molar-refractivity contribution in [1.82, 2.24) is 0 Å². The van der Waals surface area contributed by atoms with Crippen molar-refractivity contribution in [1.29, 1.82) is 0 Å². The van der Waals surface area contributed by atoms with E-state index in [1.165, 1.54) is 11.9 Å². The molecule has 0 aromatic heterocycles. The Bertz CT molecular complexity index is 198. The van der Waals surface area contributed by atoms with Gasteiger partial charge in [-0.15, -0.1) is 0 Å². The smallest absolute Gasteiger partial charge is 0.292 e. The number of ketones is 1. The van der Waals surface area contributed by atoms with Crippen molar-refractivity contribution >= 4 is 34.8 Å². The molecule has 0 bridgehead atoms. The fourth-order valence-electron chi connectivity index (χ4n) is 0.343. The minimum absolute atomic E-state index is 0.171. The molecule has 0 aliphatic carbocycles. The van der Waals surface area contributed by atoms with Crippen molar-refractivity contribution in [3.05, 3.63) is 0 Å². The van der Waals surface area contributed by atoms with Gasteiger partial charge in [-0.3, -0.25) is 13.9 Å². The third kappa shape index (κ3) is 6.17. The molecule has 0 atom stereocenters. The molecule has 5 nitrogen and oxygen atoms in total. The number of hydrogen-bond donors (Lipinski definition) is 2. The third-order valence-electron chi connectivity index (χ3n) is 0.801. The van der Waals surface area contributed by atoms with Crippen molar-refractivity contribution in [3.63, 3.8) is 0 Å². The van der Waals surface area contributed by atoms with E-state index >= 15 is 0 Å². The molecule has 0 fully saturated rings. The predicted molar refractivity (Wildman–Crippen MR) is 44.0 cm³/mol. The molecule has 0 aromatic rings. The van der Waals surface area contributed by atoms with Crippen LogP contribution in [0.3, 0.4) is 0 Å². The molecular weight excluding hydrogens is 190 g/mol. The SMILES string of the molecule is CC1=NSCC1=O.O=S(O)O. The summed E-state index contributed by atoms with van der Waals surface area (Å²) in [5.74, 6) is 0.719. The number of rotatable bonds is 0. The number of nitrogens with zero attached hydrogens (tertiary/aromatic N) is 1. The second-order valence-electron chi connectivity index (χ2n) is 1.60. The Balaban J connectivity index is 0.000000218. The van der Waals surface area contributed by atoms with Crippen LogP contribution in [0.1, 0.15) is 6.92 Å². The molecule has 0 radical (unpaired) electrons. The van der Waals surface area contributed by atoms with E-state index in [1.807, 2.05) is 0 Å². The molecule has 0 aromatic carbocycles. The van der Waals surface area contributed by atoms with Gasteiger partial charge in [-0.2, -0.15) is 4.21 Å². The first-order valence-corrected chi connectivity index (χ1v) is 4.54. The minimum atomic E-state index is -2.61. The van der Waals surface area contributed by atoms with Crippen molar-refractivity contribution < 1.29 is 18.1 Å². The van der Waals surface area contributed by atoms with Crippen molar-refractivity contribution in [3.8, 4) is 0 Å². The Labute approximate surface area is 70.5 Å². The average molecular weight is 197 g/mol. The number of hydrogen-bond acceptors (Lipinski definition) is 4. The van der Waals surface area contributed by atoms with Gasteiger partial charge in [0.05, 0.1) is 11.5 Å². The zero-order valence-electron chi connectivity index (χ0n) is 5.68. The third-order valence-corrected chi connectivity index (χ3v) is 1.59. The van der Waals surface area contributed by atoms with Crippen LogP contribution in [0.5, 0.6) is 0 Å². The molecule has 7 heteroatoms. The molecule has 1 heterocycles. The summed E-state index contributed by atoms with van der Waals surface area (Å²) in [4.78, 5) is 10.4. The van der Waals surface area contributed by atoms with Gasteiger partial charge in [0, 0.05) is 0 Å². The molecule has 0 saturated carbocycles. The maximum Gasteiger partial charge on any atom is 0.299 e. The van der Waals surface area contributed by atoms with Crippen LogP contribution < -0.4 is 0 Å². The molecule has 0 spiro atoms. The van der Waals surface area contributed by atoms with Crippen LogP contribution >= 0.6 is 11.9 Å². The normalized spacial score (nSPS) is 16.0. The summed E-state index contributed by atoms with van der Waals surface area (Å²) in [5.41, 5.74) is 0.657. The molecule has 1 aliphatic heterocycles. The van der Waals surface area contributed by atoms with Gasteiger partial charge in [-0.1, -0.05) is 0 Å². The topological polar surface area (TPSA) is 87.0 Å². The largest absolute Gasteiger partial charge is 0.299 e. The Morgan fingerprint density at radius 3 is 2.18 bits per heavy atom. The lowest BCUT2D eigenvalue weighted by atomic mass is 10.3. The molecule has 2 N–H and O–H groups in total. The lowest BCUT2D eigenvalue weighted by molar-refractivity contribution is -0.110. The molecule has 0 amide bonds. The second-order valence-corrected chi connectivity index (χ2v) is 2.79. The number of Topliss-reactive ketones (excluding diaryl/α,β-unsaturated/α-hetero) is 1. The highest BCUT2D eigenvalue weighted by atomic mass is 32.2. The number of carbonyl (C=O) groups excluding carboxylic acids is 1. The highest BCUT2D eigenvalue weighted by molar-refractivity contribution is 7.99. The van der Waals surface area contributed by atoms with E-state index in [-0.39, 0.29) is 5.78 Å². The summed E-state index contributed by atoms with van der Waals surface area (Å²) in [7, 11) is 0. The van der Waals surface area contributed by atoms with E-state index in [2.05, 4.69) is 4.40 Å². The van der Waals surface area contributed by atoms with Gasteiger partial charge in [0.1, 0.15) is 0 Å². The molecule has 11 heavy (non-hydrogen) atoms. The van der Waals surface area contributed by atoms with Crippen LogP contribution in [0.4, 0.5) is 0 Å². The van der Waals surface area contributed by atoms with Crippen LogP contribution in [-0.4, -0.2) is 30.6 Å². The monoisotopic (exact) mass is 197 g/mol. The Morgan fingerprint density at radius 2 is 2.09 bits per heavy atom. The number of carbonyl (C=O) groups is 1. The fraction of sp³-hybridized carbons (Fsp3) is 0.500. The maximum atomic E-state index is 10.4. The highest BCUT2D eigenvalue weighted by Gasteiger charge is 2.11. The zero-order chi connectivity index (χ0) is 8.85. The Morgan fingerprint density at radius 1 is 1.64 bits per heavy atom. The molecule has 1 aliphatic rings. The van der Waals surface area contributed by atoms with E-state index < -0.39 is 11.4 Å². The quantitative estimate of drug-likeness (QED) is 0.432. The van der Waals surface area contributed by atoms with Gasteiger partial charge in [0.15, 0.2) is 5.78 Å². The summed E-state index contributed by atoms with van der Waals surface area (Å²) < 4.78 is 26.6. The van der Waals surface area contributed by atoms with Gasteiger partial charge >= 0.3 is 0 Å². The van der Waals surface area contributed by atoms with Crippen LogP contribution in [-0.2, 0) is 16.2 Å². The van der Waals surface area contributed by atoms with E-state index in [0.717, 1.165) is 0 Å². The maximum absolute atomic E-state index is 10.4. The fourth-order valence-corrected chi connectivity index (χ4v) is 1.03. The first-order valence-electron chi connectivity index (χ1n) is 2.53. The average Bonchev–Trinajstić information content (AvgIpc) is 2.15. The lowest BCUT2D eigenvalue weighted by Crippen LogP contribution is -2.04. The first-order chi connectivity index (χ1) is 5.04. The first kappa shape index (κ1) is 10.8. The molecular formula is C4H7NO4S2. The van der Waals surface area contributed by atoms with E-state index in [4.69, 9.17) is 13.3 Å². The van der Waals surface area contributed by atoms with E-state index in [9.17, 15) is 4.79 Å². The van der Waals surface area contributed by atoms with Crippen LogP contribution in [0.15, 0.2) is 4.40 Å². The summed E-state index contributed by atoms with van der Waals surface area (Å²) >= 11 is -1.28. The Hall–Kier alpha value is -0.240. The van der Waals surface area contributed by atoms with Gasteiger partial charge < -0.3 is 0 Å². The van der Waals surface area contributed by atoms with Crippen LogP contribution in [0.25, 0.3) is 0 Å². The molecule has 64 valence electrons. The van der Waals surface area contributed by atoms with Crippen LogP contribution in [0.2, 0.25) is 0 Å². The van der Waals surface area contributed by atoms with E-state index in [0.29, 0.717) is 11.5 Å². The van der Waals surface area contributed by atoms with Gasteiger partial charge in [-0.25, -0.2) is 4.40 Å². The molecule has 0 saturated heterocycles. The summed E-state index contributed by atoms with van der Waals surface area (Å²) in [5, 5.41) is 0.